The van der Waals surface area contributed by atoms with Gasteiger partial charge in [0.2, 0.25) is 10.0 Å². The lowest BCUT2D eigenvalue weighted by atomic mass is 9.89. The summed E-state index contributed by atoms with van der Waals surface area (Å²) in [4.78, 5) is 4.64. The zero-order valence-corrected chi connectivity index (χ0v) is 16.3. The van der Waals surface area contributed by atoms with Crippen LogP contribution >= 0.6 is 0 Å². The summed E-state index contributed by atoms with van der Waals surface area (Å²) in [6.45, 7) is 4.51. The van der Waals surface area contributed by atoms with E-state index in [1.54, 1.807) is 4.31 Å². The van der Waals surface area contributed by atoms with Crippen LogP contribution < -0.4 is 9.21 Å². The number of nitrogens with zero attached hydrogens (tertiary/aromatic N) is 3. The highest BCUT2D eigenvalue weighted by Crippen LogP contribution is 2.34. The van der Waals surface area contributed by atoms with E-state index in [0.29, 0.717) is 12.5 Å². The minimum absolute atomic E-state index is 0.476. The lowest BCUT2D eigenvalue weighted by Gasteiger charge is -2.37. The van der Waals surface area contributed by atoms with Gasteiger partial charge in [-0.05, 0) is 37.9 Å². The maximum atomic E-state index is 12.6. The quantitative estimate of drug-likeness (QED) is 0.805. The number of benzene rings is 1. The lowest BCUT2D eigenvalue weighted by Crippen LogP contribution is -2.45. The first-order chi connectivity index (χ1) is 11.9. The molecule has 1 saturated heterocycles. The second kappa shape index (κ2) is 7.96. The fourth-order valence-corrected chi connectivity index (χ4v) is 5.00. The van der Waals surface area contributed by atoms with E-state index in [1.165, 1.54) is 25.5 Å². The molecule has 1 aromatic rings. The second-order valence-corrected chi connectivity index (χ2v) is 9.48. The molecule has 0 aromatic heterocycles. The van der Waals surface area contributed by atoms with Crippen LogP contribution in [0.2, 0.25) is 0 Å². The van der Waals surface area contributed by atoms with E-state index in [2.05, 4.69) is 22.9 Å². The van der Waals surface area contributed by atoms with Crippen molar-refractivity contribution >= 4 is 21.4 Å². The van der Waals surface area contributed by atoms with Crippen LogP contribution in [-0.4, -0.2) is 59.3 Å². The van der Waals surface area contributed by atoms with Crippen LogP contribution in [0.25, 0.3) is 0 Å². The fourth-order valence-electron chi connectivity index (χ4n) is 4.01. The number of likely N-dealkylation sites (N-methyl/N-ethyl adjacent to an activating group) is 1. The maximum absolute atomic E-state index is 12.6. The van der Waals surface area contributed by atoms with Crippen molar-refractivity contribution in [3.05, 3.63) is 24.3 Å². The van der Waals surface area contributed by atoms with Crippen molar-refractivity contribution in [2.24, 2.45) is 5.92 Å². The number of anilines is 2. The molecular weight excluding hydrogens is 334 g/mol. The fraction of sp³-hybridized carbons (Fsp3) is 0.684. The Morgan fingerprint density at radius 3 is 2.32 bits per heavy atom. The van der Waals surface area contributed by atoms with Crippen LogP contribution in [0.1, 0.15) is 32.1 Å². The van der Waals surface area contributed by atoms with E-state index in [4.69, 9.17) is 0 Å². The summed E-state index contributed by atoms with van der Waals surface area (Å²) in [5, 5.41) is 0. The van der Waals surface area contributed by atoms with E-state index < -0.39 is 10.0 Å². The molecule has 0 atom stereocenters. The molecule has 1 heterocycles. The SMILES string of the molecule is CN1CCN(c2ccccc2N(CC2CCCCC2)S(C)(=O)=O)CC1. The van der Waals surface area contributed by atoms with E-state index >= 15 is 0 Å². The molecule has 0 radical (unpaired) electrons. The number of hydrogen-bond donors (Lipinski definition) is 0. The summed E-state index contributed by atoms with van der Waals surface area (Å²) in [6.07, 6.45) is 7.36. The number of piperazine rings is 1. The Balaban J connectivity index is 1.87. The number of sulfonamides is 1. The number of rotatable bonds is 5. The van der Waals surface area contributed by atoms with Crippen molar-refractivity contribution in [2.45, 2.75) is 32.1 Å². The first-order valence-electron chi connectivity index (χ1n) is 9.45. The van der Waals surface area contributed by atoms with Gasteiger partial charge in [0.05, 0.1) is 17.6 Å². The molecule has 0 N–H and O–H groups in total. The standard InChI is InChI=1S/C19H31N3O2S/c1-20-12-14-21(15-13-20)18-10-6-7-11-19(18)22(25(2,23)24)16-17-8-4-3-5-9-17/h6-7,10-11,17H,3-5,8-9,12-16H2,1-2H3. The van der Waals surface area contributed by atoms with Crippen molar-refractivity contribution in [1.29, 1.82) is 0 Å². The molecule has 0 spiro atoms. The van der Waals surface area contributed by atoms with Gasteiger partial charge in [0.1, 0.15) is 0 Å². The number of hydrogen-bond acceptors (Lipinski definition) is 4. The minimum Gasteiger partial charge on any atom is -0.367 e. The van der Waals surface area contributed by atoms with Gasteiger partial charge in [-0.2, -0.15) is 0 Å². The molecule has 3 rings (SSSR count). The van der Waals surface area contributed by atoms with Crippen LogP contribution in [0.3, 0.4) is 0 Å². The van der Waals surface area contributed by atoms with Crippen LogP contribution in [-0.2, 0) is 10.0 Å². The Morgan fingerprint density at radius 2 is 1.68 bits per heavy atom. The van der Waals surface area contributed by atoms with Crippen molar-refractivity contribution in [1.82, 2.24) is 4.90 Å². The molecule has 2 fully saturated rings. The maximum Gasteiger partial charge on any atom is 0.232 e. The largest absolute Gasteiger partial charge is 0.367 e. The van der Waals surface area contributed by atoms with Crippen LogP contribution in [0, 0.1) is 5.92 Å². The van der Waals surface area contributed by atoms with Gasteiger partial charge in [0.15, 0.2) is 0 Å². The third-order valence-corrected chi connectivity index (χ3v) is 6.69. The Hall–Kier alpha value is -1.27. The third kappa shape index (κ3) is 4.67. The monoisotopic (exact) mass is 365 g/mol. The summed E-state index contributed by atoms with van der Waals surface area (Å²) >= 11 is 0. The summed E-state index contributed by atoms with van der Waals surface area (Å²) in [5.41, 5.74) is 1.90. The molecule has 0 unspecified atom stereocenters. The average Bonchev–Trinajstić information content (AvgIpc) is 2.60. The van der Waals surface area contributed by atoms with Gasteiger partial charge in [-0.1, -0.05) is 31.4 Å². The molecule has 1 aliphatic heterocycles. The lowest BCUT2D eigenvalue weighted by molar-refractivity contribution is 0.313. The normalized spacial score (nSPS) is 20.6. The Kier molecular flexibility index (Phi) is 5.89. The molecule has 140 valence electrons. The molecule has 2 aliphatic rings. The van der Waals surface area contributed by atoms with Gasteiger partial charge in [0.25, 0.3) is 0 Å². The first-order valence-corrected chi connectivity index (χ1v) is 11.3. The van der Waals surface area contributed by atoms with E-state index in [9.17, 15) is 8.42 Å². The molecule has 1 aromatic carbocycles. The summed E-state index contributed by atoms with van der Waals surface area (Å²) < 4.78 is 26.8. The molecular formula is C19H31N3O2S. The van der Waals surface area contributed by atoms with Crippen molar-refractivity contribution in [3.8, 4) is 0 Å². The van der Waals surface area contributed by atoms with Crippen LogP contribution in [0.5, 0.6) is 0 Å². The number of para-hydroxylation sites is 2. The van der Waals surface area contributed by atoms with Crippen molar-refractivity contribution in [3.63, 3.8) is 0 Å². The zero-order chi connectivity index (χ0) is 17.9. The van der Waals surface area contributed by atoms with Crippen molar-refractivity contribution < 1.29 is 8.42 Å². The summed E-state index contributed by atoms with van der Waals surface area (Å²) in [6, 6.07) is 8.00. The molecule has 0 amide bonds. The predicted octanol–water partition coefficient (Wildman–Crippen LogP) is 2.78. The van der Waals surface area contributed by atoms with Crippen molar-refractivity contribution in [2.75, 3.05) is 55.2 Å². The Bertz CT molecular complexity index is 663. The first kappa shape index (κ1) is 18.5. The molecule has 1 saturated carbocycles. The van der Waals surface area contributed by atoms with Gasteiger partial charge >= 0.3 is 0 Å². The van der Waals surface area contributed by atoms with Gasteiger partial charge < -0.3 is 9.80 Å². The molecule has 0 bridgehead atoms. The predicted molar refractivity (Wildman–Crippen MR) is 105 cm³/mol. The van der Waals surface area contributed by atoms with Crippen LogP contribution in [0.4, 0.5) is 11.4 Å². The highest BCUT2D eigenvalue weighted by atomic mass is 32.2. The van der Waals surface area contributed by atoms with E-state index in [-0.39, 0.29) is 0 Å². The molecule has 6 heteroatoms. The molecule has 5 nitrogen and oxygen atoms in total. The molecule has 25 heavy (non-hydrogen) atoms. The highest BCUT2D eigenvalue weighted by molar-refractivity contribution is 7.92. The Morgan fingerprint density at radius 1 is 1.04 bits per heavy atom. The zero-order valence-electron chi connectivity index (χ0n) is 15.5. The average molecular weight is 366 g/mol. The summed E-state index contributed by atoms with van der Waals surface area (Å²) in [7, 11) is -1.16. The van der Waals surface area contributed by atoms with Gasteiger partial charge in [-0.15, -0.1) is 0 Å². The van der Waals surface area contributed by atoms with Gasteiger partial charge in [0, 0.05) is 32.7 Å². The third-order valence-electron chi connectivity index (χ3n) is 5.54. The minimum atomic E-state index is -3.29. The molecule has 1 aliphatic carbocycles. The smallest absolute Gasteiger partial charge is 0.232 e. The topological polar surface area (TPSA) is 43.9 Å². The van der Waals surface area contributed by atoms with E-state index in [1.807, 2.05) is 18.2 Å². The van der Waals surface area contributed by atoms with Gasteiger partial charge in [-0.25, -0.2) is 8.42 Å². The highest BCUT2D eigenvalue weighted by Gasteiger charge is 2.27. The second-order valence-electron chi connectivity index (χ2n) is 7.58. The van der Waals surface area contributed by atoms with Crippen LogP contribution in [0.15, 0.2) is 24.3 Å². The summed E-state index contributed by atoms with van der Waals surface area (Å²) in [5.74, 6) is 0.476. The Labute approximate surface area is 152 Å². The van der Waals surface area contributed by atoms with E-state index in [0.717, 1.165) is 50.4 Å². The van der Waals surface area contributed by atoms with Gasteiger partial charge in [-0.3, -0.25) is 4.31 Å².